The van der Waals surface area contributed by atoms with Crippen molar-refractivity contribution in [1.82, 2.24) is 14.8 Å². The number of pyridine rings is 1. The summed E-state index contributed by atoms with van der Waals surface area (Å²) in [6.45, 7) is 7.93. The molecule has 0 amide bonds. The van der Waals surface area contributed by atoms with Crippen LogP contribution in [0.5, 0.6) is 0 Å². The van der Waals surface area contributed by atoms with E-state index in [2.05, 4.69) is 21.7 Å². The molecule has 10 heteroatoms. The Morgan fingerprint density at radius 3 is 2.53 bits per heavy atom. The second-order valence-electron chi connectivity index (χ2n) is 7.28. The number of aromatic nitrogens is 1. The Labute approximate surface area is 174 Å². The van der Waals surface area contributed by atoms with Gasteiger partial charge in [-0.15, -0.1) is 0 Å². The molecule has 1 aromatic heterocycles. The summed E-state index contributed by atoms with van der Waals surface area (Å²) in [6, 6.07) is 0.843. The fourth-order valence-corrected chi connectivity index (χ4v) is 3.52. The van der Waals surface area contributed by atoms with Crippen LogP contribution in [0.1, 0.15) is 30.4 Å². The molecule has 0 aliphatic carbocycles. The van der Waals surface area contributed by atoms with Crippen LogP contribution in [-0.2, 0) is 10.9 Å². The van der Waals surface area contributed by atoms with Gasteiger partial charge in [-0.05, 0) is 32.0 Å². The van der Waals surface area contributed by atoms with Crippen LogP contribution in [0.25, 0.3) is 0 Å². The van der Waals surface area contributed by atoms with E-state index in [1.165, 1.54) is 0 Å². The zero-order valence-corrected chi connectivity index (χ0v) is 16.9. The zero-order chi connectivity index (χ0) is 21.6. The van der Waals surface area contributed by atoms with E-state index in [4.69, 9.17) is 10.5 Å². The van der Waals surface area contributed by atoms with Gasteiger partial charge in [0, 0.05) is 44.0 Å². The number of hydrogen-bond acceptors (Lipinski definition) is 7. The molecule has 0 bridgehead atoms. The van der Waals surface area contributed by atoms with E-state index in [9.17, 15) is 13.2 Å². The maximum atomic E-state index is 13.7. The molecule has 2 saturated heterocycles. The Hall–Kier alpha value is -2.46. The summed E-state index contributed by atoms with van der Waals surface area (Å²) < 4.78 is 46.5. The van der Waals surface area contributed by atoms with E-state index in [1.807, 2.05) is 9.80 Å². The number of ether oxygens (including phenoxy) is 1. The van der Waals surface area contributed by atoms with Gasteiger partial charge in [0.2, 0.25) is 0 Å². The number of rotatable bonds is 6. The lowest BCUT2D eigenvalue weighted by Gasteiger charge is -2.29. The molecule has 0 spiro atoms. The number of hydrogen-bond donors (Lipinski definition) is 1. The van der Waals surface area contributed by atoms with Crippen molar-refractivity contribution in [3.05, 3.63) is 35.3 Å². The van der Waals surface area contributed by atoms with E-state index in [1.54, 1.807) is 6.08 Å². The van der Waals surface area contributed by atoms with E-state index >= 15 is 0 Å². The molecule has 3 heterocycles. The summed E-state index contributed by atoms with van der Waals surface area (Å²) in [6.07, 6.45) is 1.24. The van der Waals surface area contributed by atoms with Gasteiger partial charge in [-0.2, -0.15) is 13.2 Å². The van der Waals surface area contributed by atoms with E-state index in [0.29, 0.717) is 32.1 Å². The van der Waals surface area contributed by atoms with E-state index in [-0.39, 0.29) is 23.8 Å². The first-order valence-electron chi connectivity index (χ1n) is 9.99. The fourth-order valence-electron chi connectivity index (χ4n) is 3.52. The molecule has 2 N–H and O–H groups in total. The van der Waals surface area contributed by atoms with Crippen molar-refractivity contribution in [2.24, 2.45) is 9.98 Å². The molecule has 30 heavy (non-hydrogen) atoms. The van der Waals surface area contributed by atoms with Crippen molar-refractivity contribution in [3.63, 3.8) is 0 Å². The molecule has 0 aromatic carbocycles. The standard InChI is InChI=1S/C20H27F3N6O/c1-25-19(29-5-3-2-4-6-29)12-17(27-14-28-7-9-30-10-8-28)15-13-26-18(24)11-16(15)20(21,22)23/h11-13H,1-10,14H2,(H2,24,26)/b19-12+,27-17+. The summed E-state index contributed by atoms with van der Waals surface area (Å²) in [7, 11) is 0. The second-order valence-corrected chi connectivity index (χ2v) is 7.28. The number of nitrogens with zero attached hydrogens (tertiary/aromatic N) is 5. The van der Waals surface area contributed by atoms with Crippen LogP contribution in [0.3, 0.4) is 0 Å². The highest BCUT2D eigenvalue weighted by atomic mass is 19.4. The van der Waals surface area contributed by atoms with Crippen molar-refractivity contribution in [2.75, 3.05) is 51.8 Å². The monoisotopic (exact) mass is 424 g/mol. The summed E-state index contributed by atoms with van der Waals surface area (Å²) in [5.74, 6) is 0.320. The van der Waals surface area contributed by atoms with Crippen LogP contribution in [0.4, 0.5) is 19.0 Å². The molecule has 0 atom stereocenters. The van der Waals surface area contributed by atoms with Crippen molar-refractivity contribution in [1.29, 1.82) is 0 Å². The van der Waals surface area contributed by atoms with Gasteiger partial charge < -0.3 is 15.4 Å². The average molecular weight is 424 g/mol. The molecule has 3 rings (SSSR count). The third kappa shape index (κ3) is 5.79. The molecule has 2 aliphatic rings. The van der Waals surface area contributed by atoms with Crippen LogP contribution in [0.15, 0.2) is 34.1 Å². The van der Waals surface area contributed by atoms with Gasteiger partial charge in [0.05, 0.1) is 31.2 Å². The predicted octanol–water partition coefficient (Wildman–Crippen LogP) is 2.79. The maximum Gasteiger partial charge on any atom is 0.417 e. The van der Waals surface area contributed by atoms with Crippen LogP contribution >= 0.6 is 0 Å². The SMILES string of the molecule is C=N/C(=C\C(=N/CN1CCOCC1)c1cnc(N)cc1C(F)(F)F)N1CCCCC1. The van der Waals surface area contributed by atoms with Gasteiger partial charge in [0.25, 0.3) is 0 Å². The molecular formula is C20H27F3N6O. The highest BCUT2D eigenvalue weighted by molar-refractivity contribution is 6.10. The van der Waals surface area contributed by atoms with Crippen LogP contribution < -0.4 is 5.73 Å². The third-order valence-electron chi connectivity index (χ3n) is 5.16. The first-order valence-corrected chi connectivity index (χ1v) is 9.99. The normalized spacial score (nSPS) is 19.8. The third-order valence-corrected chi connectivity index (χ3v) is 5.16. The minimum Gasteiger partial charge on any atom is -0.384 e. The summed E-state index contributed by atoms with van der Waals surface area (Å²) >= 11 is 0. The minimum absolute atomic E-state index is 0.122. The Balaban J connectivity index is 2.01. The van der Waals surface area contributed by atoms with E-state index < -0.39 is 11.7 Å². The number of morpholine rings is 1. The highest BCUT2D eigenvalue weighted by Gasteiger charge is 2.35. The molecule has 2 fully saturated rings. The number of nitrogen functional groups attached to an aromatic ring is 1. The lowest BCUT2D eigenvalue weighted by atomic mass is 10.0. The van der Waals surface area contributed by atoms with Crippen LogP contribution in [0, 0.1) is 0 Å². The van der Waals surface area contributed by atoms with Crippen molar-refractivity contribution >= 4 is 18.2 Å². The lowest BCUT2D eigenvalue weighted by molar-refractivity contribution is -0.137. The average Bonchev–Trinajstić information content (AvgIpc) is 2.75. The number of piperidine rings is 1. The number of allylic oxidation sites excluding steroid dienone is 1. The zero-order valence-electron chi connectivity index (χ0n) is 16.9. The van der Waals surface area contributed by atoms with Crippen LogP contribution in [0.2, 0.25) is 0 Å². The number of anilines is 1. The van der Waals surface area contributed by atoms with E-state index in [0.717, 1.165) is 44.6 Å². The number of aliphatic imine (C=N–C) groups is 2. The van der Waals surface area contributed by atoms with Gasteiger partial charge >= 0.3 is 6.18 Å². The van der Waals surface area contributed by atoms with Gasteiger partial charge in [-0.1, -0.05) is 0 Å². The quantitative estimate of drug-likeness (QED) is 0.711. The largest absolute Gasteiger partial charge is 0.417 e. The molecule has 7 nitrogen and oxygen atoms in total. The van der Waals surface area contributed by atoms with Crippen molar-refractivity contribution in [2.45, 2.75) is 25.4 Å². The van der Waals surface area contributed by atoms with Crippen molar-refractivity contribution in [3.8, 4) is 0 Å². The van der Waals surface area contributed by atoms with Gasteiger partial charge in [0.15, 0.2) is 0 Å². The number of likely N-dealkylation sites (tertiary alicyclic amines) is 1. The van der Waals surface area contributed by atoms with Gasteiger partial charge in [-0.3, -0.25) is 9.89 Å². The Morgan fingerprint density at radius 1 is 1.20 bits per heavy atom. The molecule has 0 radical (unpaired) electrons. The number of halogens is 3. The Morgan fingerprint density at radius 2 is 1.90 bits per heavy atom. The minimum atomic E-state index is -4.59. The molecule has 0 saturated carbocycles. The smallest absolute Gasteiger partial charge is 0.384 e. The summed E-state index contributed by atoms with van der Waals surface area (Å²) in [5.41, 5.74) is 4.71. The number of alkyl halides is 3. The Kier molecular flexibility index (Phi) is 7.43. The van der Waals surface area contributed by atoms with Gasteiger partial charge in [0.1, 0.15) is 11.6 Å². The highest BCUT2D eigenvalue weighted by Crippen LogP contribution is 2.33. The van der Waals surface area contributed by atoms with Crippen LogP contribution in [-0.4, -0.2) is 73.3 Å². The molecule has 164 valence electrons. The topological polar surface area (TPSA) is 79.3 Å². The molecule has 0 unspecified atom stereocenters. The predicted molar refractivity (Wildman–Crippen MR) is 111 cm³/mol. The Bertz CT molecular complexity index is 796. The maximum absolute atomic E-state index is 13.7. The number of nitrogens with two attached hydrogens (primary N) is 1. The molecule has 1 aromatic rings. The lowest BCUT2D eigenvalue weighted by Crippen LogP contribution is -2.36. The van der Waals surface area contributed by atoms with Gasteiger partial charge in [-0.25, -0.2) is 9.98 Å². The second kappa shape index (κ2) is 10.0. The van der Waals surface area contributed by atoms with Crippen molar-refractivity contribution < 1.29 is 17.9 Å². The first-order chi connectivity index (χ1) is 14.4. The fraction of sp³-hybridized carbons (Fsp3) is 0.550. The summed E-state index contributed by atoms with van der Waals surface area (Å²) in [4.78, 5) is 16.5. The molecular weight excluding hydrogens is 397 g/mol. The first kappa shape index (κ1) is 22.2. The summed E-state index contributed by atoms with van der Waals surface area (Å²) in [5, 5.41) is 0. The molecule has 2 aliphatic heterocycles.